The zero-order valence-corrected chi connectivity index (χ0v) is 18.2. The Bertz CT molecular complexity index is 838. The molecular weight excluding hydrogens is 443 g/mol. The third kappa shape index (κ3) is 7.99. The van der Waals surface area contributed by atoms with E-state index in [-0.39, 0.29) is 23.4 Å². The van der Waals surface area contributed by atoms with Crippen molar-refractivity contribution in [2.24, 2.45) is 0 Å². The number of nitrogens with zero attached hydrogens (tertiary/aromatic N) is 2. The molecule has 1 fully saturated rings. The smallest absolute Gasteiger partial charge is 0.490 e. The molecule has 1 saturated heterocycles. The second-order valence-corrected chi connectivity index (χ2v) is 8.64. The van der Waals surface area contributed by atoms with Gasteiger partial charge in [0.05, 0.1) is 18.6 Å². The molecule has 0 saturated carbocycles. The fourth-order valence-electron chi connectivity index (χ4n) is 2.58. The first-order valence-corrected chi connectivity index (χ1v) is 10.7. The highest BCUT2D eigenvalue weighted by Crippen LogP contribution is 2.21. The number of benzene rings is 1. The first-order valence-electron chi connectivity index (χ1n) is 9.25. The van der Waals surface area contributed by atoms with Crippen molar-refractivity contribution in [3.05, 3.63) is 24.3 Å². The number of piperazine rings is 1. The SMILES string of the molecule is COc1ccc(S(=O)(=O)N(CC(=O)N2CCNCC2)C(C)C)cc1.O=C(O)C(F)(F)F. The number of ether oxygens (including phenoxy) is 1. The molecule has 1 aliphatic heterocycles. The minimum atomic E-state index is -5.08. The van der Waals surface area contributed by atoms with Crippen LogP contribution in [0.3, 0.4) is 0 Å². The molecule has 176 valence electrons. The minimum absolute atomic E-state index is 0.147. The predicted octanol–water partition coefficient (Wildman–Crippen LogP) is 1.16. The molecule has 2 rings (SSSR count). The van der Waals surface area contributed by atoms with E-state index >= 15 is 0 Å². The second-order valence-electron chi connectivity index (χ2n) is 6.75. The Kier molecular flexibility index (Phi) is 9.72. The first-order chi connectivity index (χ1) is 14.3. The maximum atomic E-state index is 12.9. The summed E-state index contributed by atoms with van der Waals surface area (Å²) < 4.78 is 63.8. The van der Waals surface area contributed by atoms with Gasteiger partial charge in [0.15, 0.2) is 0 Å². The van der Waals surface area contributed by atoms with Gasteiger partial charge in [0.1, 0.15) is 5.75 Å². The van der Waals surface area contributed by atoms with Crippen molar-refractivity contribution < 1.29 is 41.0 Å². The van der Waals surface area contributed by atoms with E-state index < -0.39 is 22.2 Å². The van der Waals surface area contributed by atoms with Gasteiger partial charge in [-0.05, 0) is 38.1 Å². The minimum Gasteiger partial charge on any atom is -0.497 e. The topological polar surface area (TPSA) is 116 Å². The molecule has 0 bridgehead atoms. The average Bonchev–Trinajstić information content (AvgIpc) is 2.71. The fraction of sp³-hybridized carbons (Fsp3) is 0.556. The molecule has 0 unspecified atom stereocenters. The van der Waals surface area contributed by atoms with Crippen LogP contribution in [0.4, 0.5) is 13.2 Å². The van der Waals surface area contributed by atoms with Crippen molar-refractivity contribution in [3.63, 3.8) is 0 Å². The molecule has 1 heterocycles. The van der Waals surface area contributed by atoms with E-state index in [1.165, 1.54) is 23.5 Å². The summed E-state index contributed by atoms with van der Waals surface area (Å²) in [6.45, 7) is 6.07. The van der Waals surface area contributed by atoms with Crippen molar-refractivity contribution >= 4 is 21.9 Å². The number of carbonyl (C=O) groups excluding carboxylic acids is 1. The maximum absolute atomic E-state index is 12.9. The first kappa shape index (κ1) is 26.7. The van der Waals surface area contributed by atoms with Gasteiger partial charge in [0, 0.05) is 32.2 Å². The van der Waals surface area contributed by atoms with Crippen LogP contribution in [0.15, 0.2) is 29.2 Å². The lowest BCUT2D eigenvalue weighted by atomic mass is 10.3. The molecule has 0 spiro atoms. The molecule has 31 heavy (non-hydrogen) atoms. The molecule has 0 aromatic heterocycles. The molecule has 1 aromatic rings. The lowest BCUT2D eigenvalue weighted by Crippen LogP contribution is -2.51. The van der Waals surface area contributed by atoms with E-state index in [9.17, 15) is 26.4 Å². The highest BCUT2D eigenvalue weighted by molar-refractivity contribution is 7.89. The largest absolute Gasteiger partial charge is 0.497 e. The number of methoxy groups -OCH3 is 1. The summed E-state index contributed by atoms with van der Waals surface area (Å²) in [4.78, 5) is 23.2. The highest BCUT2D eigenvalue weighted by atomic mass is 32.2. The number of carboxylic acid groups (broad SMARTS) is 1. The van der Waals surface area contributed by atoms with Gasteiger partial charge in [0.2, 0.25) is 15.9 Å². The third-order valence-electron chi connectivity index (χ3n) is 4.25. The van der Waals surface area contributed by atoms with E-state index in [0.29, 0.717) is 18.8 Å². The van der Waals surface area contributed by atoms with Gasteiger partial charge in [0.25, 0.3) is 0 Å². The number of alkyl halides is 3. The van der Waals surface area contributed by atoms with Crippen LogP contribution in [0.5, 0.6) is 5.75 Å². The zero-order chi connectivity index (χ0) is 23.8. The van der Waals surface area contributed by atoms with Gasteiger partial charge in [-0.25, -0.2) is 13.2 Å². The molecule has 1 amide bonds. The van der Waals surface area contributed by atoms with Crippen molar-refractivity contribution in [1.29, 1.82) is 0 Å². The molecule has 9 nitrogen and oxygen atoms in total. The summed E-state index contributed by atoms with van der Waals surface area (Å²) in [5, 5.41) is 10.3. The van der Waals surface area contributed by atoms with Crippen molar-refractivity contribution in [2.75, 3.05) is 39.8 Å². The molecule has 13 heteroatoms. The normalized spacial score (nSPS) is 14.8. The Morgan fingerprint density at radius 1 is 1.19 bits per heavy atom. The number of halogens is 3. The number of nitrogens with one attached hydrogen (secondary N) is 1. The quantitative estimate of drug-likeness (QED) is 0.642. The van der Waals surface area contributed by atoms with Crippen molar-refractivity contribution in [3.8, 4) is 5.75 Å². The van der Waals surface area contributed by atoms with Crippen LogP contribution in [0.1, 0.15) is 13.8 Å². The monoisotopic (exact) mass is 469 g/mol. The lowest BCUT2D eigenvalue weighted by Gasteiger charge is -2.31. The summed E-state index contributed by atoms with van der Waals surface area (Å²) in [7, 11) is -2.22. The Morgan fingerprint density at radius 2 is 1.68 bits per heavy atom. The summed E-state index contributed by atoms with van der Waals surface area (Å²) in [6, 6.07) is 5.88. The van der Waals surface area contributed by atoms with Gasteiger partial charge in [-0.3, -0.25) is 4.79 Å². The van der Waals surface area contributed by atoms with E-state index in [1.807, 2.05) is 0 Å². The number of aliphatic carboxylic acids is 1. The summed E-state index contributed by atoms with van der Waals surface area (Å²) >= 11 is 0. The average molecular weight is 469 g/mol. The van der Waals surface area contributed by atoms with E-state index in [4.69, 9.17) is 14.6 Å². The Hall–Kier alpha value is -2.38. The Labute approximate surface area is 178 Å². The van der Waals surface area contributed by atoms with Gasteiger partial charge >= 0.3 is 12.1 Å². The highest BCUT2D eigenvalue weighted by Gasteiger charge is 2.38. The summed E-state index contributed by atoms with van der Waals surface area (Å²) in [5.74, 6) is -2.34. The summed E-state index contributed by atoms with van der Waals surface area (Å²) in [5.41, 5.74) is 0. The van der Waals surface area contributed by atoms with Crippen LogP contribution in [0, 0.1) is 0 Å². The number of carboxylic acids is 1. The van der Waals surface area contributed by atoms with Gasteiger partial charge in [-0.15, -0.1) is 0 Å². The predicted molar refractivity (Wildman–Crippen MR) is 105 cm³/mol. The fourth-order valence-corrected chi connectivity index (χ4v) is 4.16. The van der Waals surface area contributed by atoms with Crippen LogP contribution < -0.4 is 10.1 Å². The van der Waals surface area contributed by atoms with Crippen molar-refractivity contribution in [1.82, 2.24) is 14.5 Å². The molecule has 1 aliphatic rings. The van der Waals surface area contributed by atoms with E-state index in [2.05, 4.69) is 5.32 Å². The molecule has 0 aliphatic carbocycles. The molecule has 1 aromatic carbocycles. The Morgan fingerprint density at radius 3 is 2.06 bits per heavy atom. The van der Waals surface area contributed by atoms with Crippen LogP contribution in [-0.4, -0.2) is 86.7 Å². The van der Waals surface area contributed by atoms with Gasteiger partial charge in [-0.2, -0.15) is 17.5 Å². The maximum Gasteiger partial charge on any atom is 0.490 e. The standard InChI is InChI=1S/C16H25N3O4S.C2HF3O2/c1-13(2)19(12-16(20)18-10-8-17-9-11-18)24(21,22)15-6-4-14(23-3)5-7-15;3-2(4,5)1(6)7/h4-7,13,17H,8-12H2,1-3H3;(H,6,7). The Balaban J connectivity index is 0.000000592. The number of carbonyl (C=O) groups is 2. The lowest BCUT2D eigenvalue weighted by molar-refractivity contribution is -0.192. The molecule has 0 atom stereocenters. The number of sulfonamides is 1. The van der Waals surface area contributed by atoms with E-state index in [1.54, 1.807) is 30.9 Å². The van der Waals surface area contributed by atoms with Gasteiger partial charge in [-0.1, -0.05) is 0 Å². The van der Waals surface area contributed by atoms with Crippen LogP contribution >= 0.6 is 0 Å². The molecule has 2 N–H and O–H groups in total. The number of rotatable bonds is 6. The zero-order valence-electron chi connectivity index (χ0n) is 17.3. The van der Waals surface area contributed by atoms with Crippen molar-refractivity contribution in [2.45, 2.75) is 31.0 Å². The molecule has 0 radical (unpaired) electrons. The summed E-state index contributed by atoms with van der Waals surface area (Å²) in [6.07, 6.45) is -5.08. The second kappa shape index (κ2) is 11.3. The molecular formula is C18H26F3N3O6S. The number of hydrogen-bond acceptors (Lipinski definition) is 6. The third-order valence-corrected chi connectivity index (χ3v) is 6.28. The number of hydrogen-bond donors (Lipinski definition) is 2. The van der Waals surface area contributed by atoms with Gasteiger partial charge < -0.3 is 20.1 Å². The van der Waals surface area contributed by atoms with E-state index in [0.717, 1.165) is 13.1 Å². The number of amides is 1. The van der Waals surface area contributed by atoms with Crippen LogP contribution in [0.25, 0.3) is 0 Å². The van der Waals surface area contributed by atoms with Crippen LogP contribution in [0.2, 0.25) is 0 Å². The van der Waals surface area contributed by atoms with Crippen LogP contribution in [-0.2, 0) is 19.6 Å².